The molecule has 12 heavy (non-hydrogen) atoms. The van der Waals surface area contributed by atoms with Crippen LogP contribution in [0.25, 0.3) is 0 Å². The van der Waals surface area contributed by atoms with Gasteiger partial charge < -0.3 is 10.8 Å². The quantitative estimate of drug-likeness (QED) is 0.608. The molecule has 4 heteroatoms. The lowest BCUT2D eigenvalue weighted by molar-refractivity contribution is 0.0697. The lowest BCUT2D eigenvalue weighted by Crippen LogP contribution is -2.06. The molecule has 64 valence electrons. The Morgan fingerprint density at radius 3 is 2.58 bits per heavy atom. The third kappa shape index (κ3) is 1.52. The van der Waals surface area contributed by atoms with Crippen LogP contribution in [0.15, 0.2) is 12.1 Å². The number of aromatic carboxylic acids is 1. The summed E-state index contributed by atoms with van der Waals surface area (Å²) in [6, 6.07) is 3.42. The van der Waals surface area contributed by atoms with E-state index < -0.39 is 5.97 Å². The van der Waals surface area contributed by atoms with Crippen molar-refractivity contribution in [1.29, 1.82) is 0 Å². The summed E-state index contributed by atoms with van der Waals surface area (Å²) in [4.78, 5) is 10.7. The van der Waals surface area contributed by atoms with E-state index in [9.17, 15) is 4.79 Å². The number of nitrogen functional groups attached to an aromatic ring is 1. The number of carboxylic acid groups (broad SMARTS) is 1. The molecule has 0 saturated carbocycles. The van der Waals surface area contributed by atoms with E-state index in [2.05, 4.69) is 0 Å². The highest BCUT2D eigenvalue weighted by atomic mass is 127. The number of rotatable bonds is 1. The van der Waals surface area contributed by atoms with Crippen LogP contribution in [-0.4, -0.2) is 11.1 Å². The number of aryl methyl sites for hydroxylation is 1. The molecule has 0 aliphatic rings. The maximum absolute atomic E-state index is 10.7. The Labute approximate surface area is 83.7 Å². The normalized spacial score (nSPS) is 9.83. The van der Waals surface area contributed by atoms with E-state index in [4.69, 9.17) is 10.8 Å². The fourth-order valence-electron chi connectivity index (χ4n) is 0.913. The molecule has 0 radical (unpaired) electrons. The van der Waals surface area contributed by atoms with E-state index in [-0.39, 0.29) is 5.56 Å². The van der Waals surface area contributed by atoms with Crippen molar-refractivity contribution in [2.24, 2.45) is 0 Å². The first-order chi connectivity index (χ1) is 5.54. The Morgan fingerprint density at radius 1 is 1.58 bits per heavy atom. The Morgan fingerprint density at radius 2 is 2.17 bits per heavy atom. The second-order valence-electron chi connectivity index (χ2n) is 2.47. The molecule has 0 atom stereocenters. The summed E-state index contributed by atoms with van der Waals surface area (Å²) in [5, 5.41) is 8.79. The Hall–Kier alpha value is -0.780. The van der Waals surface area contributed by atoms with Gasteiger partial charge in [0.25, 0.3) is 0 Å². The van der Waals surface area contributed by atoms with Crippen molar-refractivity contribution in [2.45, 2.75) is 6.92 Å². The summed E-state index contributed by atoms with van der Waals surface area (Å²) in [7, 11) is 0. The Kier molecular flexibility index (Phi) is 2.56. The van der Waals surface area contributed by atoms with Crippen molar-refractivity contribution in [3.05, 3.63) is 26.8 Å². The summed E-state index contributed by atoms with van der Waals surface area (Å²) in [6.07, 6.45) is 0. The first kappa shape index (κ1) is 9.31. The monoisotopic (exact) mass is 277 g/mol. The molecule has 0 aliphatic carbocycles. The van der Waals surface area contributed by atoms with Gasteiger partial charge in [-0.15, -0.1) is 0 Å². The van der Waals surface area contributed by atoms with Crippen molar-refractivity contribution >= 4 is 34.2 Å². The fourth-order valence-corrected chi connectivity index (χ4v) is 1.63. The smallest absolute Gasteiger partial charge is 0.338 e. The predicted octanol–water partition coefficient (Wildman–Crippen LogP) is 1.88. The molecule has 3 N–H and O–H groups in total. The van der Waals surface area contributed by atoms with Crippen LogP contribution in [0.5, 0.6) is 0 Å². The first-order valence-corrected chi connectivity index (χ1v) is 4.39. The zero-order valence-electron chi connectivity index (χ0n) is 6.47. The minimum atomic E-state index is -0.972. The number of hydrogen-bond donors (Lipinski definition) is 2. The molecule has 0 aromatic heterocycles. The fraction of sp³-hybridized carbons (Fsp3) is 0.125. The van der Waals surface area contributed by atoms with Gasteiger partial charge in [0.1, 0.15) is 0 Å². The molecule has 0 unspecified atom stereocenters. The summed E-state index contributed by atoms with van der Waals surface area (Å²) < 4.78 is 0.708. The van der Waals surface area contributed by atoms with Crippen LogP contribution in [0.1, 0.15) is 15.9 Å². The van der Waals surface area contributed by atoms with E-state index in [0.717, 1.165) is 5.56 Å². The molecule has 0 fully saturated rings. The molecular formula is C8H8INO2. The lowest BCUT2D eigenvalue weighted by Gasteiger charge is -2.05. The second kappa shape index (κ2) is 3.30. The highest BCUT2D eigenvalue weighted by molar-refractivity contribution is 14.1. The molecular weight excluding hydrogens is 269 g/mol. The van der Waals surface area contributed by atoms with Crippen LogP contribution in [0.3, 0.4) is 0 Å². The minimum Gasteiger partial charge on any atom is -0.478 e. The van der Waals surface area contributed by atoms with Gasteiger partial charge in [0.2, 0.25) is 0 Å². The lowest BCUT2D eigenvalue weighted by atomic mass is 10.1. The van der Waals surface area contributed by atoms with Gasteiger partial charge in [0, 0.05) is 9.26 Å². The molecule has 0 aliphatic heterocycles. The van der Waals surface area contributed by atoms with E-state index in [1.807, 2.05) is 35.6 Å². The predicted molar refractivity (Wildman–Crippen MR) is 55.3 cm³/mol. The molecule has 3 nitrogen and oxygen atoms in total. The van der Waals surface area contributed by atoms with Gasteiger partial charge in [-0.25, -0.2) is 4.79 Å². The second-order valence-corrected chi connectivity index (χ2v) is 3.54. The first-order valence-electron chi connectivity index (χ1n) is 3.32. The number of carboxylic acids is 1. The zero-order chi connectivity index (χ0) is 9.30. The van der Waals surface area contributed by atoms with Crippen molar-refractivity contribution in [3.8, 4) is 0 Å². The number of anilines is 1. The molecule has 1 aromatic rings. The molecule has 0 saturated heterocycles. The summed E-state index contributed by atoms with van der Waals surface area (Å²) >= 11 is 1.98. The molecule has 0 heterocycles. The van der Waals surface area contributed by atoms with Gasteiger partial charge in [-0.2, -0.15) is 0 Å². The van der Waals surface area contributed by atoms with Gasteiger partial charge in [-0.1, -0.05) is 6.07 Å². The standard InChI is InChI=1S/C8H8INO2/c1-4-2-3-5(10)6(7(4)9)8(11)12/h2-3H,10H2,1H3,(H,11,12). The van der Waals surface area contributed by atoms with Gasteiger partial charge in [-0.05, 0) is 41.1 Å². The maximum Gasteiger partial charge on any atom is 0.338 e. The van der Waals surface area contributed by atoms with E-state index >= 15 is 0 Å². The van der Waals surface area contributed by atoms with Crippen LogP contribution in [0.2, 0.25) is 0 Å². The van der Waals surface area contributed by atoms with E-state index in [1.54, 1.807) is 6.07 Å². The van der Waals surface area contributed by atoms with Gasteiger partial charge in [-0.3, -0.25) is 0 Å². The highest BCUT2D eigenvalue weighted by Crippen LogP contribution is 2.22. The Bertz CT molecular complexity index is 336. The summed E-state index contributed by atoms with van der Waals surface area (Å²) in [5.41, 5.74) is 6.96. The number of benzene rings is 1. The Balaban J connectivity index is 3.43. The minimum absolute atomic E-state index is 0.204. The number of carbonyl (C=O) groups is 1. The van der Waals surface area contributed by atoms with Crippen molar-refractivity contribution in [2.75, 3.05) is 5.73 Å². The SMILES string of the molecule is Cc1ccc(N)c(C(=O)O)c1I. The van der Waals surface area contributed by atoms with Crippen molar-refractivity contribution < 1.29 is 9.90 Å². The van der Waals surface area contributed by atoms with Crippen LogP contribution < -0.4 is 5.73 Å². The van der Waals surface area contributed by atoms with Crippen LogP contribution in [0, 0.1) is 10.5 Å². The zero-order valence-corrected chi connectivity index (χ0v) is 8.62. The molecule has 0 bridgehead atoms. The summed E-state index contributed by atoms with van der Waals surface area (Å²) in [6.45, 7) is 1.85. The average Bonchev–Trinajstić information content (AvgIpc) is 1.97. The van der Waals surface area contributed by atoms with Gasteiger partial charge in [0.15, 0.2) is 0 Å². The number of halogens is 1. The van der Waals surface area contributed by atoms with Crippen LogP contribution >= 0.6 is 22.6 Å². The maximum atomic E-state index is 10.7. The third-order valence-electron chi connectivity index (χ3n) is 1.58. The molecule has 0 amide bonds. The number of nitrogens with two attached hydrogens (primary N) is 1. The van der Waals surface area contributed by atoms with Crippen molar-refractivity contribution in [1.82, 2.24) is 0 Å². The van der Waals surface area contributed by atoms with Gasteiger partial charge >= 0.3 is 5.97 Å². The van der Waals surface area contributed by atoms with E-state index in [1.165, 1.54) is 0 Å². The largest absolute Gasteiger partial charge is 0.478 e. The molecule has 0 spiro atoms. The molecule has 1 aromatic carbocycles. The highest BCUT2D eigenvalue weighted by Gasteiger charge is 2.13. The van der Waals surface area contributed by atoms with Crippen molar-refractivity contribution in [3.63, 3.8) is 0 Å². The summed E-state index contributed by atoms with van der Waals surface area (Å²) in [5.74, 6) is -0.972. The molecule has 1 rings (SSSR count). The number of hydrogen-bond acceptors (Lipinski definition) is 2. The van der Waals surface area contributed by atoms with Crippen LogP contribution in [-0.2, 0) is 0 Å². The average molecular weight is 277 g/mol. The third-order valence-corrected chi connectivity index (χ3v) is 2.97. The van der Waals surface area contributed by atoms with Crippen LogP contribution in [0.4, 0.5) is 5.69 Å². The van der Waals surface area contributed by atoms with E-state index in [0.29, 0.717) is 9.26 Å². The van der Waals surface area contributed by atoms with Gasteiger partial charge in [0.05, 0.1) is 5.56 Å². The topological polar surface area (TPSA) is 63.3 Å².